The van der Waals surface area contributed by atoms with E-state index in [2.05, 4.69) is 0 Å². The molecule has 6 nitrogen and oxygen atoms in total. The average Bonchev–Trinajstić information content (AvgIpc) is 2.39. The Morgan fingerprint density at radius 3 is 2.21 bits per heavy atom. The maximum absolute atomic E-state index is 12.0. The molecule has 19 heavy (non-hydrogen) atoms. The lowest BCUT2D eigenvalue weighted by molar-refractivity contribution is -0.991. The highest BCUT2D eigenvalue weighted by atomic mass is 32.2. The molecule has 0 aliphatic carbocycles. The maximum atomic E-state index is 12.0. The SMILES string of the molecule is O=S(=O)(Oc1ccccc1[NH+]([O-])O)c1ccccc1. The molecule has 1 unspecified atom stereocenters. The van der Waals surface area contributed by atoms with E-state index in [-0.39, 0.29) is 16.3 Å². The summed E-state index contributed by atoms with van der Waals surface area (Å²) in [5.74, 6) is -0.209. The summed E-state index contributed by atoms with van der Waals surface area (Å²) in [5.41, 5.74) is -0.206. The van der Waals surface area contributed by atoms with E-state index in [9.17, 15) is 13.6 Å². The van der Waals surface area contributed by atoms with Gasteiger partial charge in [0.1, 0.15) is 4.90 Å². The predicted octanol–water partition coefficient (Wildman–Crippen LogP) is 0.858. The lowest BCUT2D eigenvalue weighted by Gasteiger charge is -2.15. The molecular formula is C12H11NO5S. The van der Waals surface area contributed by atoms with Gasteiger partial charge in [0.2, 0.25) is 11.4 Å². The first kappa shape index (κ1) is 13.5. The summed E-state index contributed by atoms with van der Waals surface area (Å²) in [6.07, 6.45) is 0. The van der Waals surface area contributed by atoms with Crippen molar-refractivity contribution in [3.63, 3.8) is 0 Å². The van der Waals surface area contributed by atoms with Gasteiger partial charge in [-0.2, -0.15) is 13.6 Å². The largest absolute Gasteiger partial charge is 0.595 e. The number of benzene rings is 2. The summed E-state index contributed by atoms with van der Waals surface area (Å²) < 4.78 is 28.8. The molecule has 0 bridgehead atoms. The van der Waals surface area contributed by atoms with Crippen molar-refractivity contribution in [2.45, 2.75) is 4.90 Å². The molecule has 0 aromatic heterocycles. The minimum Gasteiger partial charge on any atom is -0.595 e. The zero-order chi connectivity index (χ0) is 13.9. The van der Waals surface area contributed by atoms with Crippen LogP contribution in [0.15, 0.2) is 59.5 Å². The van der Waals surface area contributed by atoms with Gasteiger partial charge in [-0.3, -0.25) is 0 Å². The van der Waals surface area contributed by atoms with Gasteiger partial charge in [-0.15, -0.1) is 0 Å². The Labute approximate surface area is 110 Å². The van der Waals surface area contributed by atoms with Gasteiger partial charge in [-0.1, -0.05) is 30.3 Å². The Balaban J connectivity index is 2.37. The van der Waals surface area contributed by atoms with Crippen LogP contribution in [-0.2, 0) is 10.1 Å². The van der Waals surface area contributed by atoms with E-state index in [4.69, 9.17) is 9.39 Å². The summed E-state index contributed by atoms with van der Waals surface area (Å²) in [6, 6.07) is 13.1. The fraction of sp³-hybridized carbons (Fsp3) is 0. The molecule has 1 atom stereocenters. The van der Waals surface area contributed by atoms with Gasteiger partial charge in [0.05, 0.1) is 0 Å². The van der Waals surface area contributed by atoms with Crippen LogP contribution in [0.2, 0.25) is 0 Å². The van der Waals surface area contributed by atoms with Crippen molar-refractivity contribution in [1.82, 2.24) is 0 Å². The minimum atomic E-state index is -4.03. The molecule has 2 rings (SSSR count). The van der Waals surface area contributed by atoms with Crippen LogP contribution in [-0.4, -0.2) is 13.6 Å². The van der Waals surface area contributed by atoms with Crippen LogP contribution in [0.4, 0.5) is 5.69 Å². The molecule has 0 aliphatic rings. The molecule has 100 valence electrons. The van der Waals surface area contributed by atoms with Crippen molar-refractivity contribution in [2.24, 2.45) is 0 Å². The lowest BCUT2D eigenvalue weighted by atomic mass is 10.3. The Kier molecular flexibility index (Phi) is 3.82. The second-order valence-electron chi connectivity index (χ2n) is 3.65. The predicted molar refractivity (Wildman–Crippen MR) is 66.5 cm³/mol. The number of quaternary nitrogens is 1. The second-order valence-corrected chi connectivity index (χ2v) is 5.20. The van der Waals surface area contributed by atoms with Crippen LogP contribution in [0.1, 0.15) is 0 Å². The van der Waals surface area contributed by atoms with E-state index in [0.29, 0.717) is 0 Å². The highest BCUT2D eigenvalue weighted by Gasteiger charge is 2.20. The summed E-state index contributed by atoms with van der Waals surface area (Å²) in [6.45, 7) is 0. The first-order valence-corrected chi connectivity index (χ1v) is 6.73. The standard InChI is InChI=1S/C12H11NO5S/c14-13(15)11-8-4-5-9-12(11)18-19(16,17)10-6-2-1-3-7-10/h1-9,13-14H. The van der Waals surface area contributed by atoms with Crippen molar-refractivity contribution in [1.29, 1.82) is 0 Å². The average molecular weight is 281 g/mol. The van der Waals surface area contributed by atoms with Gasteiger partial charge in [-0.05, 0) is 18.2 Å². The van der Waals surface area contributed by atoms with Crippen molar-refractivity contribution >= 4 is 15.8 Å². The third-order valence-corrected chi connectivity index (χ3v) is 3.60. The fourth-order valence-corrected chi connectivity index (χ4v) is 2.44. The number of para-hydroxylation sites is 2. The Bertz CT molecular complexity index is 655. The Morgan fingerprint density at radius 1 is 1.00 bits per heavy atom. The molecule has 7 heteroatoms. The van der Waals surface area contributed by atoms with Crippen LogP contribution < -0.4 is 9.41 Å². The van der Waals surface area contributed by atoms with E-state index in [1.807, 2.05) is 0 Å². The zero-order valence-electron chi connectivity index (χ0n) is 9.68. The molecule has 0 spiro atoms. The highest BCUT2D eigenvalue weighted by molar-refractivity contribution is 7.87. The number of nitrogens with one attached hydrogen (secondary N) is 1. The fourth-order valence-electron chi connectivity index (χ4n) is 1.47. The molecule has 2 N–H and O–H groups in total. The first-order valence-electron chi connectivity index (χ1n) is 5.32. The lowest BCUT2D eigenvalue weighted by Crippen LogP contribution is -2.99. The highest BCUT2D eigenvalue weighted by Crippen LogP contribution is 2.24. The third-order valence-electron chi connectivity index (χ3n) is 2.35. The van der Waals surface area contributed by atoms with Gasteiger partial charge < -0.3 is 9.39 Å². The molecule has 2 aromatic rings. The molecule has 0 heterocycles. The topological polar surface area (TPSA) is 91.1 Å². The molecule has 2 aromatic carbocycles. The van der Waals surface area contributed by atoms with Crippen LogP contribution in [0.5, 0.6) is 5.75 Å². The monoisotopic (exact) mass is 281 g/mol. The van der Waals surface area contributed by atoms with Gasteiger partial charge >= 0.3 is 10.1 Å². The van der Waals surface area contributed by atoms with Gasteiger partial charge in [0.25, 0.3) is 0 Å². The molecule has 0 aliphatic heterocycles. The summed E-state index contributed by atoms with van der Waals surface area (Å²) in [4.78, 5) is -0.0322. The normalized spacial score (nSPS) is 12.9. The van der Waals surface area contributed by atoms with Gasteiger partial charge in [0, 0.05) is 6.07 Å². The van der Waals surface area contributed by atoms with E-state index in [0.717, 1.165) is 0 Å². The Hall–Kier alpha value is -1.93. The summed E-state index contributed by atoms with van der Waals surface area (Å²) in [5, 5.41) is 18.7. The molecule has 0 radical (unpaired) electrons. The second kappa shape index (κ2) is 5.37. The molecular weight excluding hydrogens is 270 g/mol. The number of hydrogen-bond acceptors (Lipinski definition) is 5. The van der Waals surface area contributed by atoms with Crippen LogP contribution >= 0.6 is 0 Å². The zero-order valence-corrected chi connectivity index (χ0v) is 10.5. The molecule has 0 amide bonds. The van der Waals surface area contributed by atoms with E-state index in [1.54, 1.807) is 18.2 Å². The van der Waals surface area contributed by atoms with E-state index >= 15 is 0 Å². The van der Waals surface area contributed by atoms with Crippen LogP contribution in [0.3, 0.4) is 0 Å². The molecule has 0 saturated heterocycles. The number of rotatable bonds is 4. The van der Waals surface area contributed by atoms with E-state index < -0.39 is 15.3 Å². The summed E-state index contributed by atoms with van der Waals surface area (Å²) >= 11 is 0. The van der Waals surface area contributed by atoms with Crippen molar-refractivity contribution in [3.05, 3.63) is 59.8 Å². The minimum absolute atomic E-state index is 0.0322. The van der Waals surface area contributed by atoms with Gasteiger partial charge in [-0.25, -0.2) is 5.21 Å². The third kappa shape index (κ3) is 3.09. The van der Waals surface area contributed by atoms with Crippen molar-refractivity contribution < 1.29 is 23.0 Å². The number of hydrogen-bond donors (Lipinski definition) is 2. The van der Waals surface area contributed by atoms with E-state index in [1.165, 1.54) is 36.4 Å². The first-order chi connectivity index (χ1) is 9.00. The van der Waals surface area contributed by atoms with Crippen LogP contribution in [0, 0.1) is 5.21 Å². The maximum Gasteiger partial charge on any atom is 0.339 e. The van der Waals surface area contributed by atoms with Crippen molar-refractivity contribution in [3.8, 4) is 5.75 Å². The van der Waals surface area contributed by atoms with Crippen LogP contribution in [0.25, 0.3) is 0 Å². The Morgan fingerprint density at radius 2 is 1.58 bits per heavy atom. The molecule has 0 saturated carbocycles. The smallest absolute Gasteiger partial charge is 0.339 e. The van der Waals surface area contributed by atoms with Crippen molar-refractivity contribution in [2.75, 3.05) is 0 Å². The molecule has 0 fully saturated rings. The van der Waals surface area contributed by atoms with Gasteiger partial charge in [0.15, 0.2) is 0 Å². The quantitative estimate of drug-likeness (QED) is 0.640. The summed E-state index contributed by atoms with van der Waals surface area (Å²) in [7, 11) is -4.03.